The van der Waals surface area contributed by atoms with Gasteiger partial charge in [0, 0.05) is 38.3 Å². The van der Waals surface area contributed by atoms with Crippen LogP contribution in [0.5, 0.6) is 5.75 Å². The summed E-state index contributed by atoms with van der Waals surface area (Å²) < 4.78 is 50.0. The first-order valence-corrected chi connectivity index (χ1v) is 14.0. The van der Waals surface area contributed by atoms with Gasteiger partial charge in [0.05, 0.1) is 12.1 Å². The summed E-state index contributed by atoms with van der Waals surface area (Å²) in [7, 11) is 3.29. The number of nitrogens with zero attached hydrogens (tertiary/aromatic N) is 4. The molecule has 0 fully saturated rings. The lowest BCUT2D eigenvalue weighted by molar-refractivity contribution is -0.123. The number of amides is 2. The Morgan fingerprint density at radius 3 is 2.67 bits per heavy atom. The van der Waals surface area contributed by atoms with Crippen molar-refractivity contribution in [1.82, 2.24) is 18.4 Å². The number of pyridine rings is 1. The third-order valence-electron chi connectivity index (χ3n) is 6.44. The summed E-state index contributed by atoms with van der Waals surface area (Å²) in [4.78, 5) is 43.1. The summed E-state index contributed by atoms with van der Waals surface area (Å²) >= 11 is -0.0937. The fourth-order valence-electron chi connectivity index (χ4n) is 4.22. The van der Waals surface area contributed by atoms with E-state index in [1.165, 1.54) is 37.8 Å². The summed E-state index contributed by atoms with van der Waals surface area (Å²) in [5, 5.41) is 2.61. The van der Waals surface area contributed by atoms with Gasteiger partial charge in [-0.3, -0.25) is 14.4 Å². The minimum absolute atomic E-state index is 0.0579. The van der Waals surface area contributed by atoms with Gasteiger partial charge in [0.1, 0.15) is 41.0 Å². The van der Waals surface area contributed by atoms with Crippen molar-refractivity contribution in [2.24, 2.45) is 0 Å². The number of allylic oxidation sites excluding steroid dienone is 1. The molecule has 0 aliphatic carbocycles. The lowest BCUT2D eigenvalue weighted by Crippen LogP contribution is -2.26. The molecule has 0 radical (unpaired) electrons. The van der Waals surface area contributed by atoms with Crippen molar-refractivity contribution in [1.29, 1.82) is 0 Å². The number of hydrogen-bond acceptors (Lipinski definition) is 6. The molecular formula is C30H30F3N5O4S. The van der Waals surface area contributed by atoms with Gasteiger partial charge in [0.2, 0.25) is 11.8 Å². The van der Waals surface area contributed by atoms with E-state index in [1.54, 1.807) is 45.3 Å². The zero-order valence-electron chi connectivity index (χ0n) is 23.8. The van der Waals surface area contributed by atoms with Gasteiger partial charge in [-0.05, 0) is 67.8 Å². The molecule has 2 amide bonds. The maximum Gasteiger partial charge on any atom is 0.274 e. The summed E-state index contributed by atoms with van der Waals surface area (Å²) in [6.07, 6.45) is 5.79. The van der Waals surface area contributed by atoms with Crippen molar-refractivity contribution in [3.8, 4) is 5.75 Å². The second kappa shape index (κ2) is 14.1. The van der Waals surface area contributed by atoms with Gasteiger partial charge in [-0.15, -0.1) is 3.89 Å². The van der Waals surface area contributed by atoms with Crippen LogP contribution in [0.1, 0.15) is 36.2 Å². The number of aromatic nitrogens is 3. The van der Waals surface area contributed by atoms with E-state index in [1.807, 2.05) is 0 Å². The van der Waals surface area contributed by atoms with Gasteiger partial charge in [0.25, 0.3) is 5.56 Å². The molecular weight excluding hydrogens is 583 g/mol. The summed E-state index contributed by atoms with van der Waals surface area (Å²) in [5.74, 6) is -1.51. The molecule has 0 saturated carbocycles. The first-order chi connectivity index (χ1) is 20.6. The van der Waals surface area contributed by atoms with Gasteiger partial charge < -0.3 is 19.5 Å². The van der Waals surface area contributed by atoms with Crippen LogP contribution in [0.15, 0.2) is 65.6 Å². The van der Waals surface area contributed by atoms with Crippen LogP contribution in [-0.2, 0) is 22.7 Å². The van der Waals surface area contributed by atoms with Gasteiger partial charge >= 0.3 is 0 Å². The third-order valence-corrected chi connectivity index (χ3v) is 6.99. The van der Waals surface area contributed by atoms with Crippen molar-refractivity contribution in [3.63, 3.8) is 0 Å². The molecule has 2 aromatic carbocycles. The number of hydrogen-bond donors (Lipinski definition) is 1. The number of aryl methyl sites for hydroxylation is 1. The Kier molecular flexibility index (Phi) is 10.3. The SMILES string of the molecule is Cc1cc(OCc2ccc(F)cc2F)c2nc(Cn3cccc(NC(=O)CCC/C=C/C(=O)N(C)C)c3=O)n(SF)c2c1. The molecule has 0 unspecified atom stereocenters. The maximum atomic E-state index is 14.2. The van der Waals surface area contributed by atoms with E-state index < -0.39 is 17.2 Å². The molecule has 4 rings (SSSR count). The summed E-state index contributed by atoms with van der Waals surface area (Å²) in [6, 6.07) is 9.60. The minimum atomic E-state index is -0.755. The molecule has 13 heteroatoms. The largest absolute Gasteiger partial charge is 0.486 e. The molecule has 4 aromatic rings. The predicted molar refractivity (Wildman–Crippen MR) is 159 cm³/mol. The van der Waals surface area contributed by atoms with E-state index in [4.69, 9.17) is 4.74 Å². The molecule has 0 spiro atoms. The zero-order valence-corrected chi connectivity index (χ0v) is 24.6. The molecule has 0 aliphatic heterocycles. The smallest absolute Gasteiger partial charge is 0.274 e. The lowest BCUT2D eigenvalue weighted by Gasteiger charge is -2.10. The van der Waals surface area contributed by atoms with Crippen LogP contribution >= 0.6 is 12.3 Å². The average molecular weight is 614 g/mol. The van der Waals surface area contributed by atoms with Crippen LogP contribution in [0, 0.1) is 18.6 Å². The highest BCUT2D eigenvalue weighted by atomic mass is 32.2. The van der Waals surface area contributed by atoms with E-state index in [2.05, 4.69) is 10.3 Å². The van der Waals surface area contributed by atoms with Crippen LogP contribution in [0.3, 0.4) is 0 Å². The van der Waals surface area contributed by atoms with Crippen LogP contribution in [0.4, 0.5) is 18.4 Å². The third kappa shape index (κ3) is 7.86. The van der Waals surface area contributed by atoms with E-state index in [9.17, 15) is 27.1 Å². The second-order valence-electron chi connectivity index (χ2n) is 9.98. The molecule has 43 heavy (non-hydrogen) atoms. The first kappa shape index (κ1) is 31.4. The Bertz CT molecular complexity index is 1740. The molecule has 226 valence electrons. The number of likely N-dealkylation sites (N-methyl/N-ethyl adjacent to an activating group) is 1. The molecule has 0 aliphatic rings. The van der Waals surface area contributed by atoms with Crippen LogP contribution < -0.4 is 15.6 Å². The standard InChI is InChI=1S/C30H30F3N5O4S/c1-19-14-24-29(25(15-19)42-18-20-11-12-21(31)16-22(20)32)35-26(38(24)43-33)17-37-13-7-8-23(30(37)41)34-27(39)9-5-4-6-10-28(40)36(2)3/h6-8,10-16H,4-5,9,17-18H2,1-3H3,(H,34,39)/b10-6+. The number of rotatable bonds is 12. The number of anilines is 1. The average Bonchev–Trinajstić information content (AvgIpc) is 3.30. The van der Waals surface area contributed by atoms with Crippen molar-refractivity contribution < 1.29 is 27.0 Å². The topological polar surface area (TPSA) is 98.5 Å². The van der Waals surface area contributed by atoms with Crippen LogP contribution in [-0.4, -0.2) is 44.3 Å². The van der Waals surface area contributed by atoms with E-state index in [0.717, 1.165) is 17.7 Å². The summed E-state index contributed by atoms with van der Waals surface area (Å²) in [5.41, 5.74) is 1.10. The Hall–Kier alpha value is -4.52. The van der Waals surface area contributed by atoms with Crippen molar-refractivity contribution >= 4 is 40.9 Å². The van der Waals surface area contributed by atoms with Crippen molar-refractivity contribution in [3.05, 3.63) is 99.8 Å². The number of fused-ring (bicyclic) bond motifs is 1. The normalized spacial score (nSPS) is 11.3. The highest BCUT2D eigenvalue weighted by Crippen LogP contribution is 2.32. The molecule has 9 nitrogen and oxygen atoms in total. The van der Waals surface area contributed by atoms with E-state index >= 15 is 0 Å². The van der Waals surface area contributed by atoms with E-state index in [-0.39, 0.29) is 66.5 Å². The molecule has 2 heterocycles. The van der Waals surface area contributed by atoms with Crippen molar-refractivity contribution in [2.45, 2.75) is 39.3 Å². The zero-order chi connectivity index (χ0) is 31.1. The number of ether oxygens (including phenoxy) is 1. The van der Waals surface area contributed by atoms with E-state index in [0.29, 0.717) is 23.9 Å². The Labute approximate surface area is 250 Å². The number of halogens is 3. The number of carbonyl (C=O) groups is 2. The lowest BCUT2D eigenvalue weighted by atomic mass is 10.2. The number of carbonyl (C=O) groups excluding carboxylic acids is 2. The van der Waals surface area contributed by atoms with Gasteiger partial charge in [0.15, 0.2) is 12.3 Å². The second-order valence-corrected chi connectivity index (χ2v) is 10.5. The Balaban J connectivity index is 1.50. The summed E-state index contributed by atoms with van der Waals surface area (Å²) in [6.45, 7) is 1.45. The number of imidazole rings is 1. The van der Waals surface area contributed by atoms with Gasteiger partial charge in [-0.25, -0.2) is 17.7 Å². The highest BCUT2D eigenvalue weighted by molar-refractivity contribution is 7.92. The van der Waals surface area contributed by atoms with Gasteiger partial charge in [-0.1, -0.05) is 6.08 Å². The predicted octanol–water partition coefficient (Wildman–Crippen LogP) is 5.55. The number of nitrogens with one attached hydrogen (secondary N) is 1. The fraction of sp³-hybridized carbons (Fsp3) is 0.267. The Morgan fingerprint density at radius 2 is 1.95 bits per heavy atom. The molecule has 0 atom stereocenters. The monoisotopic (exact) mass is 613 g/mol. The Morgan fingerprint density at radius 1 is 1.16 bits per heavy atom. The van der Waals surface area contributed by atoms with Crippen LogP contribution in [0.2, 0.25) is 0 Å². The van der Waals surface area contributed by atoms with Gasteiger partial charge in [-0.2, -0.15) is 0 Å². The maximum absolute atomic E-state index is 14.2. The molecule has 1 N–H and O–H groups in total. The highest BCUT2D eigenvalue weighted by Gasteiger charge is 2.19. The molecule has 0 saturated heterocycles. The van der Waals surface area contributed by atoms with Crippen LogP contribution in [0.25, 0.3) is 11.0 Å². The molecule has 0 bridgehead atoms. The minimum Gasteiger partial charge on any atom is -0.486 e. The molecule has 2 aromatic heterocycles. The quantitative estimate of drug-likeness (QED) is 0.166. The fourth-order valence-corrected chi connectivity index (χ4v) is 4.62. The van der Waals surface area contributed by atoms with Crippen molar-refractivity contribution in [2.75, 3.05) is 19.4 Å². The number of unbranched alkanes of at least 4 members (excludes halogenated alkanes) is 1. The first-order valence-electron chi connectivity index (χ1n) is 13.3. The number of benzene rings is 2.